The van der Waals surface area contributed by atoms with E-state index in [9.17, 15) is 8.78 Å². The van der Waals surface area contributed by atoms with Gasteiger partial charge in [-0.05, 0) is 91.9 Å². The van der Waals surface area contributed by atoms with E-state index in [0.717, 1.165) is 57.8 Å². The van der Waals surface area contributed by atoms with Gasteiger partial charge in [0.15, 0.2) is 23.1 Å². The van der Waals surface area contributed by atoms with Gasteiger partial charge in [0.05, 0.1) is 13.2 Å². The summed E-state index contributed by atoms with van der Waals surface area (Å²) in [7, 11) is 0. The summed E-state index contributed by atoms with van der Waals surface area (Å²) in [4.78, 5) is 0. The van der Waals surface area contributed by atoms with Crippen molar-refractivity contribution in [1.82, 2.24) is 0 Å². The van der Waals surface area contributed by atoms with Gasteiger partial charge in [-0.2, -0.15) is 8.78 Å². The molecule has 0 unspecified atom stereocenters. The average Bonchev–Trinajstić information content (AvgIpc) is 2.91. The number of hydrogen-bond donors (Lipinski definition) is 0. The highest BCUT2D eigenvalue weighted by Gasteiger charge is 2.29. The molecule has 0 aromatic heterocycles. The zero-order valence-corrected chi connectivity index (χ0v) is 22.1. The van der Waals surface area contributed by atoms with Gasteiger partial charge in [0, 0.05) is 0 Å². The summed E-state index contributed by atoms with van der Waals surface area (Å²) in [5, 5.41) is 0. The number of ether oxygens (including phenoxy) is 2. The highest BCUT2D eigenvalue weighted by molar-refractivity contribution is 5.35. The lowest BCUT2D eigenvalue weighted by molar-refractivity contribution is 0.190. The third-order valence-corrected chi connectivity index (χ3v) is 8.38. The van der Waals surface area contributed by atoms with Gasteiger partial charge >= 0.3 is 0 Å². The molecule has 6 heteroatoms. The number of hydrogen-bond acceptors (Lipinski definition) is 2. The third-order valence-electron chi connectivity index (χ3n) is 8.38. The molecule has 0 saturated heterocycles. The van der Waals surface area contributed by atoms with Crippen LogP contribution in [-0.2, 0) is 0 Å². The monoisotopic (exact) mass is 520 g/mol. The van der Waals surface area contributed by atoms with E-state index in [1.54, 1.807) is 12.1 Å². The van der Waals surface area contributed by atoms with Crippen LogP contribution in [0.4, 0.5) is 17.6 Å². The van der Waals surface area contributed by atoms with Crippen LogP contribution in [0.1, 0.15) is 107 Å². The van der Waals surface area contributed by atoms with E-state index < -0.39 is 23.3 Å². The van der Waals surface area contributed by atoms with Crippen LogP contribution in [-0.4, -0.2) is 13.2 Å². The van der Waals surface area contributed by atoms with Crippen LogP contribution in [0.5, 0.6) is 11.5 Å². The van der Waals surface area contributed by atoms with Crippen molar-refractivity contribution in [2.75, 3.05) is 13.2 Å². The van der Waals surface area contributed by atoms with Crippen LogP contribution in [0.3, 0.4) is 0 Å². The second kappa shape index (κ2) is 13.0. The van der Waals surface area contributed by atoms with Crippen LogP contribution in [0.25, 0.3) is 0 Å². The fourth-order valence-corrected chi connectivity index (χ4v) is 5.90. The van der Waals surface area contributed by atoms with E-state index in [0.29, 0.717) is 36.5 Å². The van der Waals surface area contributed by atoms with Crippen molar-refractivity contribution in [3.05, 3.63) is 58.7 Å². The zero-order chi connectivity index (χ0) is 26.4. The van der Waals surface area contributed by atoms with Crippen molar-refractivity contribution < 1.29 is 27.0 Å². The van der Waals surface area contributed by atoms with Gasteiger partial charge in [0.1, 0.15) is 0 Å². The highest BCUT2D eigenvalue weighted by Crippen LogP contribution is 2.41. The molecule has 2 nitrogen and oxygen atoms in total. The summed E-state index contributed by atoms with van der Waals surface area (Å²) >= 11 is 0. The first-order valence-corrected chi connectivity index (χ1v) is 14.1. The number of halogens is 4. The normalized spacial score (nSPS) is 24.2. The van der Waals surface area contributed by atoms with Gasteiger partial charge in [0.25, 0.3) is 0 Å². The van der Waals surface area contributed by atoms with Gasteiger partial charge in [-0.25, -0.2) is 8.78 Å². The highest BCUT2D eigenvalue weighted by atomic mass is 19.2. The smallest absolute Gasteiger partial charge is 0.204 e. The van der Waals surface area contributed by atoms with E-state index in [-0.39, 0.29) is 35.9 Å². The molecular weight excluding hydrogens is 480 g/mol. The molecule has 2 fully saturated rings. The van der Waals surface area contributed by atoms with Crippen LogP contribution in [0.2, 0.25) is 0 Å². The fraction of sp³-hybridized carbons (Fsp3) is 0.613. The Labute approximate surface area is 218 Å². The zero-order valence-electron chi connectivity index (χ0n) is 22.1. The quantitative estimate of drug-likeness (QED) is 0.229. The average molecular weight is 521 g/mol. The second-order valence-electron chi connectivity index (χ2n) is 11.1. The Bertz CT molecular complexity index is 1020. The van der Waals surface area contributed by atoms with Crippen molar-refractivity contribution in [2.45, 2.75) is 96.3 Å². The number of benzene rings is 2. The molecule has 204 valence electrons. The Kier molecular flexibility index (Phi) is 9.77. The van der Waals surface area contributed by atoms with Crippen LogP contribution >= 0.6 is 0 Å². The topological polar surface area (TPSA) is 18.5 Å². The molecule has 0 N–H and O–H groups in total. The Balaban J connectivity index is 1.29. The van der Waals surface area contributed by atoms with Crippen LogP contribution < -0.4 is 9.47 Å². The number of rotatable bonds is 10. The van der Waals surface area contributed by atoms with Gasteiger partial charge in [-0.1, -0.05) is 51.7 Å². The van der Waals surface area contributed by atoms with Crippen molar-refractivity contribution in [3.8, 4) is 11.5 Å². The molecule has 0 heterocycles. The Hall–Kier alpha value is -2.24. The Morgan fingerprint density at radius 3 is 1.70 bits per heavy atom. The minimum atomic E-state index is -1.04. The molecule has 0 bridgehead atoms. The lowest BCUT2D eigenvalue weighted by Crippen LogP contribution is -2.21. The fourth-order valence-electron chi connectivity index (χ4n) is 5.90. The van der Waals surface area contributed by atoms with E-state index in [1.807, 2.05) is 0 Å². The number of unbranched alkanes of at least 4 members (excludes halogenated alkanes) is 2. The van der Waals surface area contributed by atoms with Crippen molar-refractivity contribution in [3.63, 3.8) is 0 Å². The van der Waals surface area contributed by atoms with E-state index in [2.05, 4.69) is 13.8 Å². The predicted molar refractivity (Wildman–Crippen MR) is 138 cm³/mol. The minimum absolute atomic E-state index is 0.0375. The molecule has 0 aliphatic heterocycles. The maximum absolute atomic E-state index is 15.1. The van der Waals surface area contributed by atoms with Crippen LogP contribution in [0, 0.1) is 35.1 Å². The molecule has 2 aliphatic carbocycles. The molecule has 2 aromatic rings. The summed E-state index contributed by atoms with van der Waals surface area (Å²) in [6.45, 7) is 4.88. The molecular formula is C31H40F4O2. The maximum Gasteiger partial charge on any atom is 0.204 e. The molecule has 2 aromatic carbocycles. The second-order valence-corrected chi connectivity index (χ2v) is 11.1. The van der Waals surface area contributed by atoms with E-state index >= 15 is 8.78 Å². The Morgan fingerprint density at radius 2 is 1.16 bits per heavy atom. The third kappa shape index (κ3) is 6.80. The van der Waals surface area contributed by atoms with Crippen molar-refractivity contribution in [1.29, 1.82) is 0 Å². The van der Waals surface area contributed by atoms with Crippen LogP contribution in [0.15, 0.2) is 24.3 Å². The van der Waals surface area contributed by atoms with Gasteiger partial charge in [-0.15, -0.1) is 0 Å². The van der Waals surface area contributed by atoms with E-state index in [1.165, 1.54) is 12.1 Å². The van der Waals surface area contributed by atoms with Crippen molar-refractivity contribution in [2.24, 2.45) is 11.8 Å². The molecule has 0 amide bonds. The van der Waals surface area contributed by atoms with Gasteiger partial charge in [0.2, 0.25) is 11.6 Å². The first-order chi connectivity index (χ1) is 17.9. The SMILES string of the molecule is CCCCCOc1ccc(OCC2CCC(c3ccc(C4CCC(C)CC4)c(F)c3F)CC2)c(F)c1F. The first-order valence-electron chi connectivity index (χ1n) is 14.1. The maximum atomic E-state index is 15.1. The molecule has 2 aliphatic rings. The molecule has 0 spiro atoms. The summed E-state index contributed by atoms with van der Waals surface area (Å²) < 4.78 is 69.9. The predicted octanol–water partition coefficient (Wildman–Crippen LogP) is 9.46. The van der Waals surface area contributed by atoms with E-state index in [4.69, 9.17) is 9.47 Å². The molecule has 0 radical (unpaired) electrons. The standard InChI is InChI=1S/C31H40F4O2/c1-3-4-5-18-36-26-16-17-27(31(35)30(26)34)37-19-21-8-12-23(13-9-21)25-15-14-24(28(32)29(25)33)22-10-6-20(2)7-11-22/h14-17,20-23H,3-13,18-19H2,1-2H3. The van der Waals surface area contributed by atoms with Gasteiger partial charge < -0.3 is 9.47 Å². The van der Waals surface area contributed by atoms with Gasteiger partial charge in [-0.3, -0.25) is 0 Å². The summed E-state index contributed by atoms with van der Waals surface area (Å²) in [6, 6.07) is 6.41. The summed E-state index contributed by atoms with van der Waals surface area (Å²) in [5.41, 5.74) is 0.995. The Morgan fingerprint density at radius 1 is 0.649 bits per heavy atom. The summed E-state index contributed by atoms with van der Waals surface area (Å²) in [6.07, 6.45) is 9.69. The lowest BCUT2D eigenvalue weighted by Gasteiger charge is -2.30. The lowest BCUT2D eigenvalue weighted by atomic mass is 9.76. The summed E-state index contributed by atoms with van der Waals surface area (Å²) in [5.74, 6) is -2.76. The minimum Gasteiger partial charge on any atom is -0.490 e. The first kappa shape index (κ1) is 27.8. The molecule has 4 rings (SSSR count). The van der Waals surface area contributed by atoms with Crippen molar-refractivity contribution >= 4 is 0 Å². The molecule has 0 atom stereocenters. The molecule has 37 heavy (non-hydrogen) atoms. The molecule has 2 saturated carbocycles. The largest absolute Gasteiger partial charge is 0.490 e.